The topological polar surface area (TPSA) is 38.3 Å². The van der Waals surface area contributed by atoms with Crippen LogP contribution >= 0.6 is 11.6 Å². The number of aryl methyl sites for hydroxylation is 2. The van der Waals surface area contributed by atoms with Gasteiger partial charge in [0, 0.05) is 10.6 Å². The SMILES string of the molecule is Cc1cc(O[C@H](C)C(=O)NC(C)(C)Cc2ccccc2)cc(C)c1Cl. The fourth-order valence-electron chi connectivity index (χ4n) is 2.82. The van der Waals surface area contributed by atoms with Gasteiger partial charge in [0.05, 0.1) is 0 Å². The van der Waals surface area contributed by atoms with E-state index in [4.69, 9.17) is 16.3 Å². The molecule has 0 heterocycles. The molecule has 0 aromatic heterocycles. The van der Waals surface area contributed by atoms with Crippen LogP contribution in [0.15, 0.2) is 42.5 Å². The Labute approximate surface area is 155 Å². The Kier molecular flexibility index (Phi) is 6.12. The van der Waals surface area contributed by atoms with E-state index in [1.54, 1.807) is 6.92 Å². The molecule has 25 heavy (non-hydrogen) atoms. The molecule has 0 radical (unpaired) electrons. The molecule has 1 amide bonds. The maximum Gasteiger partial charge on any atom is 0.261 e. The lowest BCUT2D eigenvalue weighted by molar-refractivity contribution is -0.128. The van der Waals surface area contributed by atoms with Crippen molar-refractivity contribution in [2.45, 2.75) is 52.7 Å². The highest BCUT2D eigenvalue weighted by Gasteiger charge is 2.25. The van der Waals surface area contributed by atoms with Crippen molar-refractivity contribution in [3.8, 4) is 5.75 Å². The fraction of sp³-hybridized carbons (Fsp3) is 0.381. The van der Waals surface area contributed by atoms with Crippen molar-refractivity contribution in [1.82, 2.24) is 5.32 Å². The molecule has 2 aromatic carbocycles. The van der Waals surface area contributed by atoms with Gasteiger partial charge in [-0.1, -0.05) is 41.9 Å². The molecule has 2 aromatic rings. The third-order valence-electron chi connectivity index (χ3n) is 4.04. The lowest BCUT2D eigenvalue weighted by Gasteiger charge is -2.28. The number of halogens is 1. The van der Waals surface area contributed by atoms with Crippen molar-refractivity contribution in [3.05, 3.63) is 64.2 Å². The molecule has 0 aliphatic heterocycles. The zero-order valence-corrected chi connectivity index (χ0v) is 16.3. The Hall–Kier alpha value is -2.00. The van der Waals surface area contributed by atoms with Crippen molar-refractivity contribution in [2.75, 3.05) is 0 Å². The van der Waals surface area contributed by atoms with Crippen molar-refractivity contribution in [1.29, 1.82) is 0 Å². The zero-order chi connectivity index (χ0) is 18.6. The maximum atomic E-state index is 12.5. The average molecular weight is 360 g/mol. The van der Waals surface area contributed by atoms with Crippen molar-refractivity contribution < 1.29 is 9.53 Å². The summed E-state index contributed by atoms with van der Waals surface area (Å²) in [5, 5.41) is 3.81. The molecule has 0 unspecified atom stereocenters. The predicted octanol–water partition coefficient (Wildman–Crippen LogP) is 4.86. The molecule has 134 valence electrons. The second kappa shape index (κ2) is 7.92. The van der Waals surface area contributed by atoms with Gasteiger partial charge >= 0.3 is 0 Å². The highest BCUT2D eigenvalue weighted by Crippen LogP contribution is 2.26. The van der Waals surface area contributed by atoms with Crippen molar-refractivity contribution in [3.63, 3.8) is 0 Å². The van der Waals surface area contributed by atoms with E-state index >= 15 is 0 Å². The van der Waals surface area contributed by atoms with Crippen LogP contribution < -0.4 is 10.1 Å². The first kappa shape index (κ1) is 19.3. The van der Waals surface area contributed by atoms with Crippen LogP contribution in [-0.4, -0.2) is 17.6 Å². The highest BCUT2D eigenvalue weighted by atomic mass is 35.5. The number of hydrogen-bond donors (Lipinski definition) is 1. The number of benzene rings is 2. The number of amides is 1. The summed E-state index contributed by atoms with van der Waals surface area (Å²) in [6.45, 7) is 9.64. The lowest BCUT2D eigenvalue weighted by Crippen LogP contribution is -2.49. The summed E-state index contributed by atoms with van der Waals surface area (Å²) in [4.78, 5) is 12.5. The third-order valence-corrected chi connectivity index (χ3v) is 4.64. The van der Waals surface area contributed by atoms with Crippen LogP contribution in [0.4, 0.5) is 0 Å². The molecule has 0 saturated carbocycles. The fourth-order valence-corrected chi connectivity index (χ4v) is 2.93. The summed E-state index contributed by atoms with van der Waals surface area (Å²) in [6, 6.07) is 13.8. The second-order valence-electron chi connectivity index (χ2n) is 7.17. The van der Waals surface area contributed by atoms with Gasteiger partial charge < -0.3 is 10.1 Å². The standard InChI is InChI=1S/C21H26ClNO2/c1-14-11-18(12-15(2)19(14)22)25-16(3)20(24)23-21(4,5)13-17-9-7-6-8-10-17/h6-12,16H,13H2,1-5H3,(H,23,24)/t16-/m1/s1. The smallest absolute Gasteiger partial charge is 0.261 e. The van der Waals surface area contributed by atoms with E-state index in [0.717, 1.165) is 22.6 Å². The van der Waals surface area contributed by atoms with Gasteiger partial charge in [-0.3, -0.25) is 4.79 Å². The minimum atomic E-state index is -0.588. The van der Waals surface area contributed by atoms with Gasteiger partial charge in [-0.25, -0.2) is 0 Å². The van der Waals surface area contributed by atoms with E-state index < -0.39 is 6.10 Å². The Morgan fingerprint density at radius 3 is 2.28 bits per heavy atom. The van der Waals surface area contributed by atoms with Crippen molar-refractivity contribution >= 4 is 17.5 Å². The van der Waals surface area contributed by atoms with Gasteiger partial charge in [-0.05, 0) is 69.9 Å². The number of nitrogens with one attached hydrogen (secondary N) is 1. The third kappa shape index (κ3) is 5.50. The first-order valence-electron chi connectivity index (χ1n) is 8.47. The predicted molar refractivity (Wildman–Crippen MR) is 103 cm³/mol. The van der Waals surface area contributed by atoms with E-state index in [1.165, 1.54) is 5.56 Å². The molecule has 0 aliphatic rings. The zero-order valence-electron chi connectivity index (χ0n) is 15.5. The summed E-state index contributed by atoms with van der Waals surface area (Å²) in [5.74, 6) is 0.522. The molecule has 2 rings (SSSR count). The molecule has 1 atom stereocenters. The first-order valence-corrected chi connectivity index (χ1v) is 8.85. The summed E-state index contributed by atoms with van der Waals surface area (Å²) >= 11 is 6.18. The Bertz CT molecular complexity index is 718. The number of carbonyl (C=O) groups excluding carboxylic acids is 1. The molecule has 1 N–H and O–H groups in total. The van der Waals surface area contributed by atoms with Crippen LogP contribution in [0.25, 0.3) is 0 Å². The van der Waals surface area contributed by atoms with Gasteiger partial charge in [0.2, 0.25) is 0 Å². The molecule has 0 aliphatic carbocycles. The Morgan fingerprint density at radius 2 is 1.72 bits per heavy atom. The minimum Gasteiger partial charge on any atom is -0.481 e. The molecule has 3 nitrogen and oxygen atoms in total. The van der Waals surface area contributed by atoms with Crippen LogP contribution in [-0.2, 0) is 11.2 Å². The highest BCUT2D eigenvalue weighted by molar-refractivity contribution is 6.32. The summed E-state index contributed by atoms with van der Waals surface area (Å²) in [6.07, 6.45) is 0.167. The summed E-state index contributed by atoms with van der Waals surface area (Å²) in [7, 11) is 0. The molecule has 0 fully saturated rings. The van der Waals surface area contributed by atoms with Crippen LogP contribution in [0.2, 0.25) is 5.02 Å². The monoisotopic (exact) mass is 359 g/mol. The van der Waals surface area contributed by atoms with Crippen molar-refractivity contribution in [2.24, 2.45) is 0 Å². The van der Waals surface area contributed by atoms with Gasteiger partial charge in [0.15, 0.2) is 6.10 Å². The first-order chi connectivity index (χ1) is 11.7. The van der Waals surface area contributed by atoms with Crippen LogP contribution in [0.5, 0.6) is 5.75 Å². The maximum absolute atomic E-state index is 12.5. The van der Waals surface area contributed by atoms with Gasteiger partial charge in [-0.15, -0.1) is 0 Å². The van der Waals surface area contributed by atoms with E-state index in [-0.39, 0.29) is 11.4 Å². The molecular weight excluding hydrogens is 334 g/mol. The van der Waals surface area contributed by atoms with E-state index in [9.17, 15) is 4.79 Å². The molecule has 0 spiro atoms. The number of rotatable bonds is 6. The largest absolute Gasteiger partial charge is 0.481 e. The molecule has 0 saturated heterocycles. The summed E-state index contributed by atoms with van der Waals surface area (Å²) in [5.41, 5.74) is 2.70. The number of carbonyl (C=O) groups is 1. The van der Waals surface area contributed by atoms with E-state index in [2.05, 4.69) is 17.4 Å². The number of hydrogen-bond acceptors (Lipinski definition) is 2. The van der Waals surface area contributed by atoms with Crippen LogP contribution in [0.1, 0.15) is 37.5 Å². The molecular formula is C21H26ClNO2. The van der Waals surface area contributed by atoms with E-state index in [1.807, 2.05) is 58.0 Å². The molecule has 0 bridgehead atoms. The number of ether oxygens (including phenoxy) is 1. The molecule has 4 heteroatoms. The minimum absolute atomic E-state index is 0.133. The lowest BCUT2D eigenvalue weighted by atomic mass is 9.94. The average Bonchev–Trinajstić information content (AvgIpc) is 2.52. The van der Waals surface area contributed by atoms with Gasteiger partial charge in [-0.2, -0.15) is 0 Å². The summed E-state index contributed by atoms with van der Waals surface area (Å²) < 4.78 is 5.82. The van der Waals surface area contributed by atoms with Crippen LogP contribution in [0.3, 0.4) is 0 Å². The second-order valence-corrected chi connectivity index (χ2v) is 7.54. The normalized spacial score (nSPS) is 12.6. The van der Waals surface area contributed by atoms with Gasteiger partial charge in [0.1, 0.15) is 5.75 Å². The van der Waals surface area contributed by atoms with Crippen LogP contribution in [0, 0.1) is 13.8 Å². The van der Waals surface area contributed by atoms with Gasteiger partial charge in [0.25, 0.3) is 5.91 Å². The Morgan fingerprint density at radius 1 is 1.16 bits per heavy atom. The quantitative estimate of drug-likeness (QED) is 0.799. The Balaban J connectivity index is 2.00. The van der Waals surface area contributed by atoms with E-state index in [0.29, 0.717) is 5.75 Å².